The van der Waals surface area contributed by atoms with Crippen LogP contribution in [0.25, 0.3) is 0 Å². The van der Waals surface area contributed by atoms with E-state index in [2.05, 4.69) is 6.92 Å². The summed E-state index contributed by atoms with van der Waals surface area (Å²) >= 11 is 0.738. The Bertz CT molecular complexity index is 19.5. The topological polar surface area (TPSA) is 9.23 Å². The van der Waals surface area contributed by atoms with Crippen molar-refractivity contribution in [2.24, 2.45) is 0 Å². The van der Waals surface area contributed by atoms with Crippen LogP contribution in [0.3, 0.4) is 0 Å². The van der Waals surface area contributed by atoms with Crippen molar-refractivity contribution in [2.75, 3.05) is 6.61 Å². The third-order valence-corrected chi connectivity index (χ3v) is 1.53. The van der Waals surface area contributed by atoms with E-state index in [1.807, 2.05) is 0 Å². The van der Waals surface area contributed by atoms with Crippen LogP contribution in [-0.4, -0.2) is 31.8 Å². The molecule has 38 valence electrons. The monoisotopic (exact) mass is 284 g/mol. The summed E-state index contributed by atoms with van der Waals surface area (Å²) in [6.07, 6.45) is 2.49. The molecule has 0 heterocycles. The van der Waals surface area contributed by atoms with Gasteiger partial charge in [-0.25, -0.2) is 0 Å². The Morgan fingerprint density at radius 3 is 2.50 bits per heavy atom. The predicted octanol–water partition coefficient (Wildman–Crippen LogP) is 0.351. The van der Waals surface area contributed by atoms with E-state index in [-0.39, 0.29) is 0 Å². The van der Waals surface area contributed by atoms with Crippen LogP contribution in [-0.2, 0) is 2.81 Å². The van der Waals surface area contributed by atoms with Gasteiger partial charge in [0.15, 0.2) is 0 Å². The van der Waals surface area contributed by atoms with Crippen molar-refractivity contribution in [1.82, 2.24) is 0 Å². The molecule has 2 heteroatoms. The molecular weight excluding hydrogens is 273 g/mol. The van der Waals surface area contributed by atoms with E-state index >= 15 is 0 Å². The van der Waals surface area contributed by atoms with Gasteiger partial charge in [0.1, 0.15) is 0 Å². The molecule has 0 aromatic heterocycles. The zero-order chi connectivity index (χ0) is 4.83. The van der Waals surface area contributed by atoms with Gasteiger partial charge in [-0.15, -0.1) is 0 Å². The first kappa shape index (κ1) is 6.84. The Morgan fingerprint density at radius 2 is 2.33 bits per heavy atom. The molecule has 0 rings (SSSR count). The molecule has 0 aromatic carbocycles. The van der Waals surface area contributed by atoms with E-state index in [1.165, 1.54) is 12.8 Å². The van der Waals surface area contributed by atoms with Crippen molar-refractivity contribution < 1.29 is 2.81 Å². The summed E-state index contributed by atoms with van der Waals surface area (Å²) in [5, 5.41) is 0. The molecule has 0 atom stereocenters. The molecule has 0 radical (unpaired) electrons. The van der Waals surface area contributed by atoms with Gasteiger partial charge in [-0.2, -0.15) is 0 Å². The fraction of sp³-hybridized carbons (Fsp3) is 1.00. The fourth-order valence-corrected chi connectivity index (χ4v) is 0.876. The Labute approximate surface area is 54.5 Å². The van der Waals surface area contributed by atoms with Gasteiger partial charge >= 0.3 is 54.3 Å². The van der Waals surface area contributed by atoms with Crippen LogP contribution < -0.4 is 0 Å². The van der Waals surface area contributed by atoms with Crippen molar-refractivity contribution in [1.29, 1.82) is 0 Å². The van der Waals surface area contributed by atoms with Crippen LogP contribution in [0, 0.1) is 0 Å². The third-order valence-electron chi connectivity index (χ3n) is 0.616. The summed E-state index contributed by atoms with van der Waals surface area (Å²) in [4.78, 5) is 0. The first-order chi connectivity index (χ1) is 2.91. The second-order valence-electron chi connectivity index (χ2n) is 1.22. The molecule has 0 unspecified atom stereocenters. The van der Waals surface area contributed by atoms with Gasteiger partial charge in [0.2, 0.25) is 0 Å². The number of unbranched alkanes of at least 4 members (excludes halogenated alkanes) is 1. The zero-order valence-electron chi connectivity index (χ0n) is 4.11. The minimum atomic E-state index is 0.738. The van der Waals surface area contributed by atoms with Crippen molar-refractivity contribution in [3.63, 3.8) is 0 Å². The second kappa shape index (κ2) is 5.84. The minimum absolute atomic E-state index is 0.738. The van der Waals surface area contributed by atoms with Crippen LogP contribution >= 0.6 is 0 Å². The summed E-state index contributed by atoms with van der Waals surface area (Å²) in [6, 6.07) is 0. The molecule has 0 aliphatic heterocycles. The van der Waals surface area contributed by atoms with Gasteiger partial charge in [0.05, 0.1) is 0 Å². The Hall–Kier alpha value is 0.843. The van der Waals surface area contributed by atoms with E-state index in [4.69, 9.17) is 2.81 Å². The quantitative estimate of drug-likeness (QED) is 0.537. The van der Waals surface area contributed by atoms with E-state index in [0.717, 1.165) is 31.8 Å². The number of hydrogen-bond acceptors (Lipinski definition) is 1. The van der Waals surface area contributed by atoms with Gasteiger partial charge < -0.3 is 0 Å². The standard InChI is InChI=1S/C4H9O.Bi.2H/c1-2-3-4-5;;;/h2-4H2,1H3;;;/q-1;+1;;. The van der Waals surface area contributed by atoms with Gasteiger partial charge in [0, 0.05) is 0 Å². The molecule has 0 bridgehead atoms. The molecule has 0 spiro atoms. The van der Waals surface area contributed by atoms with Crippen molar-refractivity contribution >= 4 is 25.2 Å². The average Bonchev–Trinajstić information content (AvgIpc) is 1.61. The second-order valence-corrected chi connectivity index (χ2v) is 2.52. The zero-order valence-corrected chi connectivity index (χ0v) is 8.60. The summed E-state index contributed by atoms with van der Waals surface area (Å²) < 4.78 is 4.95. The molecule has 0 amide bonds. The normalized spacial score (nSPS) is 9.00. The first-order valence-electron chi connectivity index (χ1n) is 2.23. The van der Waals surface area contributed by atoms with Gasteiger partial charge in [-0.1, -0.05) is 0 Å². The third kappa shape index (κ3) is 4.84. The van der Waals surface area contributed by atoms with Crippen LogP contribution in [0.4, 0.5) is 0 Å². The number of rotatable bonds is 3. The summed E-state index contributed by atoms with van der Waals surface area (Å²) in [6.45, 7) is 3.16. The SMILES string of the molecule is CCCC[O][BiH2]. The summed E-state index contributed by atoms with van der Waals surface area (Å²) in [5.41, 5.74) is 0. The Kier molecular flexibility index (Phi) is 6.66. The molecule has 1 nitrogen and oxygen atoms in total. The van der Waals surface area contributed by atoms with E-state index < -0.39 is 0 Å². The van der Waals surface area contributed by atoms with Gasteiger partial charge in [-0.05, 0) is 0 Å². The van der Waals surface area contributed by atoms with Crippen molar-refractivity contribution in [2.45, 2.75) is 19.8 Å². The van der Waals surface area contributed by atoms with Crippen molar-refractivity contribution in [3.8, 4) is 0 Å². The maximum absolute atomic E-state index is 4.95. The number of hydrogen-bond donors (Lipinski definition) is 0. The first-order valence-corrected chi connectivity index (χ1v) is 4.06. The van der Waals surface area contributed by atoms with Crippen molar-refractivity contribution in [3.05, 3.63) is 0 Å². The van der Waals surface area contributed by atoms with E-state index in [1.54, 1.807) is 0 Å². The van der Waals surface area contributed by atoms with Crippen LogP contribution in [0.2, 0.25) is 0 Å². The Balaban J connectivity index is 2.34. The molecule has 0 N–H and O–H groups in total. The fourth-order valence-electron chi connectivity index (χ4n) is 0.228. The molecule has 0 saturated carbocycles. The Morgan fingerprint density at radius 1 is 1.67 bits per heavy atom. The molecule has 6 heavy (non-hydrogen) atoms. The molecule has 0 aromatic rings. The molecule has 0 saturated heterocycles. The average molecular weight is 284 g/mol. The molecule has 0 aliphatic rings. The van der Waals surface area contributed by atoms with Crippen LogP contribution in [0.1, 0.15) is 19.8 Å². The molecular formula is C4H11BiO. The van der Waals surface area contributed by atoms with Gasteiger partial charge in [0.25, 0.3) is 0 Å². The van der Waals surface area contributed by atoms with E-state index in [0.29, 0.717) is 0 Å². The summed E-state index contributed by atoms with van der Waals surface area (Å²) in [5.74, 6) is 0. The van der Waals surface area contributed by atoms with Gasteiger partial charge in [-0.3, -0.25) is 0 Å². The van der Waals surface area contributed by atoms with Crippen LogP contribution in [0.5, 0.6) is 0 Å². The maximum atomic E-state index is 4.95. The van der Waals surface area contributed by atoms with E-state index in [9.17, 15) is 0 Å². The summed E-state index contributed by atoms with van der Waals surface area (Å²) in [7, 11) is 0. The van der Waals surface area contributed by atoms with Crippen LogP contribution in [0.15, 0.2) is 0 Å². The molecule has 0 fully saturated rings. The predicted molar refractivity (Wildman–Crippen MR) is 29.4 cm³/mol. The molecule has 0 aliphatic carbocycles.